The molecule has 3 heterocycles. The average molecular weight is 502 g/mol. The number of halogens is 2. The summed E-state index contributed by atoms with van der Waals surface area (Å²) in [6.45, 7) is 1.76. The summed E-state index contributed by atoms with van der Waals surface area (Å²) in [4.78, 5) is 22.8. The van der Waals surface area contributed by atoms with E-state index in [1.165, 1.54) is 17.5 Å². The molecule has 0 radical (unpaired) electrons. The first-order valence-electron chi connectivity index (χ1n) is 11.0. The van der Waals surface area contributed by atoms with Crippen molar-refractivity contribution in [2.24, 2.45) is 5.41 Å². The van der Waals surface area contributed by atoms with Gasteiger partial charge in [-0.05, 0) is 49.8 Å². The van der Waals surface area contributed by atoms with Crippen LogP contribution in [0.3, 0.4) is 0 Å². The van der Waals surface area contributed by atoms with Crippen LogP contribution >= 0.6 is 22.9 Å². The predicted octanol–water partition coefficient (Wildman–Crippen LogP) is 5.36. The smallest absolute Gasteiger partial charge is 0.309 e. The Hall–Kier alpha value is -2.73. The van der Waals surface area contributed by atoms with Gasteiger partial charge in [-0.25, -0.2) is 9.37 Å². The Balaban J connectivity index is 1.43. The van der Waals surface area contributed by atoms with Gasteiger partial charge in [-0.1, -0.05) is 17.5 Å². The second-order valence-electron chi connectivity index (χ2n) is 8.45. The van der Waals surface area contributed by atoms with Gasteiger partial charge in [0.05, 0.1) is 35.1 Å². The number of ether oxygens (including phenoxy) is 1. The van der Waals surface area contributed by atoms with Gasteiger partial charge in [0.15, 0.2) is 0 Å². The predicted molar refractivity (Wildman–Crippen MR) is 131 cm³/mol. The van der Waals surface area contributed by atoms with Gasteiger partial charge in [0.2, 0.25) is 0 Å². The first kappa shape index (κ1) is 24.4. The van der Waals surface area contributed by atoms with Crippen LogP contribution in [-0.4, -0.2) is 52.7 Å². The standard InChI is InChI=1S/C25H25ClFN3O3S/c1-33-18-4-5-22-19(13-18)23(20(26)14-28-22)21(27)6-7-25(24(31)32)8-11-30(12-9-25)10-2-3-17-15-34-16-29-17/h4-5,13-16,21H,6-12H2,1H3,(H,31,32)/t21-/m1/s1. The van der Waals surface area contributed by atoms with Gasteiger partial charge in [-0.2, -0.15) is 0 Å². The number of pyridine rings is 1. The Bertz CT molecular complexity index is 1220. The van der Waals surface area contributed by atoms with Gasteiger partial charge in [0, 0.05) is 35.6 Å². The minimum absolute atomic E-state index is 0.0615. The maximum absolute atomic E-state index is 15.5. The van der Waals surface area contributed by atoms with Crippen LogP contribution in [-0.2, 0) is 4.79 Å². The van der Waals surface area contributed by atoms with Crippen molar-refractivity contribution in [3.8, 4) is 17.6 Å². The lowest BCUT2D eigenvalue weighted by Crippen LogP contribution is -2.44. The number of thiazole rings is 1. The zero-order valence-corrected chi connectivity index (χ0v) is 20.3. The molecule has 0 aliphatic carbocycles. The fourth-order valence-electron chi connectivity index (χ4n) is 4.39. The van der Waals surface area contributed by atoms with Crippen molar-refractivity contribution in [3.63, 3.8) is 0 Å². The van der Waals surface area contributed by atoms with Crippen LogP contribution in [0.1, 0.15) is 43.1 Å². The summed E-state index contributed by atoms with van der Waals surface area (Å²) in [5, 5.41) is 12.7. The maximum atomic E-state index is 15.5. The van der Waals surface area contributed by atoms with E-state index in [4.69, 9.17) is 16.3 Å². The SMILES string of the molecule is COc1ccc2ncc(Cl)c([C@H](F)CCC3(C(=O)O)CCN(CC#Cc4cscn4)CC3)c2c1. The zero-order chi connectivity index (χ0) is 24.1. The number of piperidine rings is 1. The third-order valence-corrected chi connectivity index (χ3v) is 7.36. The fourth-order valence-corrected chi connectivity index (χ4v) is 5.14. The Morgan fingerprint density at radius 1 is 1.38 bits per heavy atom. The molecule has 9 heteroatoms. The molecule has 1 fully saturated rings. The van der Waals surface area contributed by atoms with E-state index < -0.39 is 17.6 Å². The summed E-state index contributed by atoms with van der Waals surface area (Å²) in [6, 6.07) is 5.23. The molecule has 6 nitrogen and oxygen atoms in total. The number of carboxylic acids is 1. The summed E-state index contributed by atoms with van der Waals surface area (Å²) in [5.74, 6) is 5.82. The highest BCUT2D eigenvalue weighted by Crippen LogP contribution is 2.42. The Labute approximate surface area is 206 Å². The molecule has 1 aromatic carbocycles. The first-order chi connectivity index (χ1) is 16.4. The van der Waals surface area contributed by atoms with E-state index in [0.717, 1.165) is 5.69 Å². The van der Waals surface area contributed by atoms with Crippen LogP contribution in [0.15, 0.2) is 35.3 Å². The van der Waals surface area contributed by atoms with Crippen LogP contribution in [0.4, 0.5) is 4.39 Å². The van der Waals surface area contributed by atoms with Gasteiger partial charge in [0.25, 0.3) is 0 Å². The van der Waals surface area contributed by atoms with Crippen molar-refractivity contribution in [2.75, 3.05) is 26.7 Å². The molecule has 0 bridgehead atoms. The third kappa shape index (κ3) is 5.33. The van der Waals surface area contributed by atoms with Crippen LogP contribution in [0.2, 0.25) is 5.02 Å². The van der Waals surface area contributed by atoms with Crippen molar-refractivity contribution in [1.29, 1.82) is 0 Å². The normalized spacial score (nSPS) is 16.6. The van der Waals surface area contributed by atoms with Gasteiger partial charge in [-0.15, -0.1) is 11.3 Å². The third-order valence-electron chi connectivity index (χ3n) is 6.48. The van der Waals surface area contributed by atoms with Crippen LogP contribution in [0, 0.1) is 17.3 Å². The number of aromatic nitrogens is 2. The molecule has 1 aliphatic rings. The van der Waals surface area contributed by atoms with Crippen molar-refractivity contribution >= 4 is 39.8 Å². The fraction of sp³-hybridized carbons (Fsp3) is 0.400. The molecule has 1 atom stereocenters. The number of aliphatic carboxylic acids is 1. The number of carboxylic acid groups (broad SMARTS) is 1. The molecule has 1 aliphatic heterocycles. The number of methoxy groups -OCH3 is 1. The number of hydrogen-bond acceptors (Lipinski definition) is 6. The molecule has 1 N–H and O–H groups in total. The summed E-state index contributed by atoms with van der Waals surface area (Å²) >= 11 is 7.83. The van der Waals surface area contributed by atoms with Crippen LogP contribution in [0.25, 0.3) is 10.9 Å². The monoisotopic (exact) mass is 501 g/mol. The molecule has 2 aromatic heterocycles. The summed E-state index contributed by atoms with van der Waals surface area (Å²) in [7, 11) is 1.54. The molecule has 178 valence electrons. The van der Waals surface area contributed by atoms with E-state index in [1.807, 2.05) is 5.38 Å². The van der Waals surface area contributed by atoms with Gasteiger partial charge >= 0.3 is 5.97 Å². The highest BCUT2D eigenvalue weighted by molar-refractivity contribution is 7.07. The molecular formula is C25H25ClFN3O3S. The quantitative estimate of drug-likeness (QED) is 0.439. The molecule has 0 unspecified atom stereocenters. The Morgan fingerprint density at radius 3 is 2.85 bits per heavy atom. The van der Waals surface area contributed by atoms with E-state index in [0.29, 0.717) is 54.7 Å². The van der Waals surface area contributed by atoms with Crippen LogP contribution in [0.5, 0.6) is 5.75 Å². The molecule has 0 saturated carbocycles. The largest absolute Gasteiger partial charge is 0.497 e. The van der Waals surface area contributed by atoms with E-state index in [2.05, 4.69) is 26.7 Å². The number of likely N-dealkylation sites (tertiary alicyclic amines) is 1. The lowest BCUT2D eigenvalue weighted by Gasteiger charge is -2.38. The van der Waals surface area contributed by atoms with E-state index >= 15 is 4.39 Å². The molecule has 3 aromatic rings. The van der Waals surface area contributed by atoms with Crippen molar-refractivity contribution < 1.29 is 19.0 Å². The first-order valence-corrected chi connectivity index (χ1v) is 12.3. The number of hydrogen-bond donors (Lipinski definition) is 1. The highest BCUT2D eigenvalue weighted by atomic mass is 35.5. The number of benzene rings is 1. The average Bonchev–Trinajstić information content (AvgIpc) is 3.36. The minimum atomic E-state index is -1.41. The molecule has 34 heavy (non-hydrogen) atoms. The second kappa shape index (κ2) is 10.7. The number of fused-ring (bicyclic) bond motifs is 1. The van der Waals surface area contributed by atoms with Crippen molar-refractivity contribution in [3.05, 3.63) is 51.6 Å². The Morgan fingerprint density at radius 2 is 2.18 bits per heavy atom. The summed E-state index contributed by atoms with van der Waals surface area (Å²) in [6.07, 6.45) is 1.22. The molecule has 0 spiro atoms. The molecule has 1 saturated heterocycles. The lowest BCUT2D eigenvalue weighted by molar-refractivity contribution is -0.152. The van der Waals surface area contributed by atoms with Crippen molar-refractivity contribution in [1.82, 2.24) is 14.9 Å². The summed E-state index contributed by atoms with van der Waals surface area (Å²) < 4.78 is 20.8. The lowest BCUT2D eigenvalue weighted by atomic mass is 9.74. The van der Waals surface area contributed by atoms with Crippen LogP contribution < -0.4 is 4.74 Å². The number of nitrogens with zero attached hydrogens (tertiary/aromatic N) is 3. The van der Waals surface area contributed by atoms with E-state index in [1.54, 1.807) is 30.8 Å². The number of alkyl halides is 1. The highest BCUT2D eigenvalue weighted by Gasteiger charge is 2.41. The molecule has 0 amide bonds. The molecule has 4 rings (SSSR count). The van der Waals surface area contributed by atoms with Gasteiger partial charge < -0.3 is 9.84 Å². The van der Waals surface area contributed by atoms with Gasteiger partial charge in [-0.3, -0.25) is 14.7 Å². The minimum Gasteiger partial charge on any atom is -0.497 e. The zero-order valence-electron chi connectivity index (χ0n) is 18.8. The second-order valence-corrected chi connectivity index (χ2v) is 9.57. The van der Waals surface area contributed by atoms with Crippen molar-refractivity contribution in [2.45, 2.75) is 31.9 Å². The van der Waals surface area contributed by atoms with Gasteiger partial charge in [0.1, 0.15) is 17.6 Å². The Kier molecular flexibility index (Phi) is 7.67. The van der Waals surface area contributed by atoms with E-state index in [9.17, 15) is 9.90 Å². The van der Waals surface area contributed by atoms with E-state index in [-0.39, 0.29) is 17.9 Å². The maximum Gasteiger partial charge on any atom is 0.309 e. The number of carbonyl (C=O) groups is 1. The topological polar surface area (TPSA) is 75.6 Å². The number of rotatable bonds is 7. The molecular weight excluding hydrogens is 477 g/mol. The summed E-state index contributed by atoms with van der Waals surface area (Å²) in [5.41, 5.74) is 2.47.